The average molecular weight is 479 g/mol. The van der Waals surface area contributed by atoms with Crippen molar-refractivity contribution < 1.29 is 13.9 Å². The fourth-order valence-electron chi connectivity index (χ4n) is 4.09. The van der Waals surface area contributed by atoms with E-state index >= 15 is 0 Å². The summed E-state index contributed by atoms with van der Waals surface area (Å²) in [5.41, 5.74) is 9.56. The maximum atomic E-state index is 12.8. The molecular formula is C23H18N4O4S2. The van der Waals surface area contributed by atoms with Gasteiger partial charge in [0.2, 0.25) is 5.43 Å². The summed E-state index contributed by atoms with van der Waals surface area (Å²) in [4.78, 5) is 26.7. The zero-order valence-corrected chi connectivity index (χ0v) is 18.9. The highest BCUT2D eigenvalue weighted by molar-refractivity contribution is 7.17. The predicted molar refractivity (Wildman–Crippen MR) is 130 cm³/mol. The van der Waals surface area contributed by atoms with Crippen LogP contribution < -0.4 is 16.1 Å². The van der Waals surface area contributed by atoms with Gasteiger partial charge in [-0.1, -0.05) is 12.1 Å². The zero-order chi connectivity index (χ0) is 22.5. The smallest absolute Gasteiger partial charge is 0.250 e. The van der Waals surface area contributed by atoms with Gasteiger partial charge in [0.1, 0.15) is 10.2 Å². The molecule has 0 radical (unpaired) electrons. The van der Waals surface area contributed by atoms with Crippen molar-refractivity contribution in [1.82, 2.24) is 9.78 Å². The molecule has 1 aromatic carbocycles. The molecule has 1 aliphatic heterocycles. The number of anilines is 1. The Morgan fingerprint density at radius 3 is 2.79 bits per heavy atom. The molecule has 5 aromatic rings. The summed E-state index contributed by atoms with van der Waals surface area (Å²) in [5.74, 6) is 0.0424. The zero-order valence-electron chi connectivity index (χ0n) is 17.3. The number of primary amides is 1. The molecule has 8 nitrogen and oxygen atoms in total. The number of fused-ring (bicyclic) bond motifs is 2. The fraction of sp³-hybridized carbons (Fsp3) is 0.174. The average Bonchev–Trinajstić information content (AvgIpc) is 3.56. The molecule has 33 heavy (non-hydrogen) atoms. The van der Waals surface area contributed by atoms with Gasteiger partial charge in [-0.2, -0.15) is 5.10 Å². The molecule has 2 N–H and O–H groups in total. The van der Waals surface area contributed by atoms with Crippen molar-refractivity contribution in [3.05, 3.63) is 62.4 Å². The molecule has 4 aromatic heterocycles. The summed E-state index contributed by atoms with van der Waals surface area (Å²) < 4.78 is 14.0. The molecular weight excluding hydrogens is 460 g/mol. The van der Waals surface area contributed by atoms with Crippen molar-refractivity contribution in [3.8, 4) is 16.8 Å². The Bertz CT molecular complexity index is 1570. The van der Waals surface area contributed by atoms with Crippen LogP contribution in [-0.2, 0) is 4.74 Å². The summed E-state index contributed by atoms with van der Waals surface area (Å²) >= 11 is 2.90. The number of benzene rings is 1. The molecule has 0 aliphatic carbocycles. The van der Waals surface area contributed by atoms with Crippen LogP contribution in [0.5, 0.6) is 0 Å². The third kappa shape index (κ3) is 3.34. The number of aromatic nitrogens is 2. The van der Waals surface area contributed by atoms with Crippen molar-refractivity contribution in [2.24, 2.45) is 5.73 Å². The van der Waals surface area contributed by atoms with E-state index in [1.165, 1.54) is 22.7 Å². The fourth-order valence-corrected chi connectivity index (χ4v) is 5.81. The maximum Gasteiger partial charge on any atom is 0.250 e. The van der Waals surface area contributed by atoms with E-state index in [1.54, 1.807) is 22.9 Å². The van der Waals surface area contributed by atoms with Crippen LogP contribution in [0.25, 0.3) is 38.0 Å². The molecule has 1 saturated heterocycles. The summed E-state index contributed by atoms with van der Waals surface area (Å²) in [6.45, 7) is 2.57. The Hall–Kier alpha value is -3.47. The molecule has 1 amide bonds. The van der Waals surface area contributed by atoms with Gasteiger partial charge in [-0.15, -0.1) is 22.7 Å². The van der Waals surface area contributed by atoms with Gasteiger partial charge in [-0.25, -0.2) is 4.68 Å². The second kappa shape index (κ2) is 7.84. The second-order valence-electron chi connectivity index (χ2n) is 7.71. The van der Waals surface area contributed by atoms with E-state index in [-0.39, 0.29) is 5.43 Å². The van der Waals surface area contributed by atoms with E-state index < -0.39 is 5.91 Å². The number of morpholine rings is 1. The van der Waals surface area contributed by atoms with Crippen LogP contribution in [0.1, 0.15) is 10.4 Å². The number of rotatable bonds is 4. The molecule has 6 rings (SSSR count). The van der Waals surface area contributed by atoms with Crippen LogP contribution in [0.15, 0.2) is 55.8 Å². The summed E-state index contributed by atoms with van der Waals surface area (Å²) in [5, 5.41) is 11.4. The van der Waals surface area contributed by atoms with E-state index in [2.05, 4.69) is 5.10 Å². The molecule has 166 valence electrons. The first-order chi connectivity index (χ1) is 16.1. The van der Waals surface area contributed by atoms with Crippen LogP contribution in [-0.4, -0.2) is 42.0 Å². The Kier molecular flexibility index (Phi) is 4.79. The van der Waals surface area contributed by atoms with Gasteiger partial charge in [0, 0.05) is 58.0 Å². The molecule has 1 fully saturated rings. The first-order valence-corrected chi connectivity index (χ1v) is 12.2. The number of hydrogen-bond donors (Lipinski definition) is 1. The topological polar surface area (TPSA) is 104 Å². The normalized spacial score (nSPS) is 14.4. The van der Waals surface area contributed by atoms with E-state index in [0.717, 1.165) is 22.2 Å². The monoisotopic (exact) mass is 478 g/mol. The standard InChI is InChI=1S/C23H18N4O4S2/c24-23(29)14-3-1-2-13-9-27(25-20(13)14)17-12-32-10-15(17)16-11-33-22-18(28)8-19(31-21(16)22)26-4-6-30-7-5-26/h1-3,8-12H,4-7H2,(H2,24,29). The molecule has 1 aliphatic rings. The molecule has 0 bridgehead atoms. The molecule has 0 atom stereocenters. The van der Waals surface area contributed by atoms with Crippen molar-refractivity contribution in [1.29, 1.82) is 0 Å². The number of hydrogen-bond acceptors (Lipinski definition) is 8. The number of ether oxygens (including phenoxy) is 1. The lowest BCUT2D eigenvalue weighted by molar-refractivity contribution is 0.100. The number of thiophene rings is 2. The minimum Gasteiger partial charge on any atom is -0.439 e. The Morgan fingerprint density at radius 1 is 1.12 bits per heavy atom. The van der Waals surface area contributed by atoms with E-state index in [9.17, 15) is 9.59 Å². The Labute approximate surface area is 195 Å². The maximum absolute atomic E-state index is 12.8. The highest BCUT2D eigenvalue weighted by atomic mass is 32.1. The molecule has 0 saturated carbocycles. The Morgan fingerprint density at radius 2 is 1.97 bits per heavy atom. The van der Waals surface area contributed by atoms with Crippen LogP contribution in [0.2, 0.25) is 0 Å². The third-order valence-electron chi connectivity index (χ3n) is 5.73. The molecule has 0 unspecified atom stereocenters. The van der Waals surface area contributed by atoms with Crippen molar-refractivity contribution in [3.63, 3.8) is 0 Å². The van der Waals surface area contributed by atoms with Crippen LogP contribution in [0.3, 0.4) is 0 Å². The first-order valence-electron chi connectivity index (χ1n) is 10.3. The molecule has 0 spiro atoms. The SMILES string of the molecule is NC(=O)c1cccc2cn(-c3cscc3-c3csc4c(=O)cc(N5CCOCC5)oc34)nc12. The van der Waals surface area contributed by atoms with E-state index in [1.807, 2.05) is 33.3 Å². The molecule has 10 heteroatoms. The molecule has 5 heterocycles. The van der Waals surface area contributed by atoms with E-state index in [0.29, 0.717) is 53.6 Å². The van der Waals surface area contributed by atoms with Crippen LogP contribution in [0.4, 0.5) is 5.88 Å². The highest BCUT2D eigenvalue weighted by Gasteiger charge is 2.21. The highest BCUT2D eigenvalue weighted by Crippen LogP contribution is 2.39. The number of carbonyl (C=O) groups excluding carboxylic acids is 1. The number of nitrogens with two attached hydrogens (primary N) is 1. The predicted octanol–water partition coefficient (Wildman–Crippen LogP) is 3.86. The summed E-state index contributed by atoms with van der Waals surface area (Å²) in [7, 11) is 0. The quantitative estimate of drug-likeness (QED) is 0.421. The van der Waals surface area contributed by atoms with Crippen molar-refractivity contribution in [2.45, 2.75) is 0 Å². The van der Waals surface area contributed by atoms with Gasteiger partial charge in [0.05, 0.1) is 24.5 Å². The second-order valence-corrected chi connectivity index (χ2v) is 9.33. The summed E-state index contributed by atoms with van der Waals surface area (Å²) in [6, 6.07) is 6.92. The largest absolute Gasteiger partial charge is 0.439 e. The number of carbonyl (C=O) groups is 1. The van der Waals surface area contributed by atoms with Gasteiger partial charge in [0.15, 0.2) is 11.5 Å². The Balaban J connectivity index is 1.49. The van der Waals surface area contributed by atoms with Crippen molar-refractivity contribution in [2.75, 3.05) is 31.2 Å². The van der Waals surface area contributed by atoms with Gasteiger partial charge >= 0.3 is 0 Å². The van der Waals surface area contributed by atoms with E-state index in [4.69, 9.17) is 14.9 Å². The lowest BCUT2D eigenvalue weighted by atomic mass is 10.1. The van der Waals surface area contributed by atoms with Gasteiger partial charge < -0.3 is 19.8 Å². The minimum absolute atomic E-state index is 0.0540. The van der Waals surface area contributed by atoms with Gasteiger partial charge in [-0.05, 0) is 6.07 Å². The van der Waals surface area contributed by atoms with Gasteiger partial charge in [0.25, 0.3) is 5.91 Å². The number of nitrogens with zero attached hydrogens (tertiary/aromatic N) is 3. The summed E-state index contributed by atoms with van der Waals surface area (Å²) in [6.07, 6.45) is 1.87. The minimum atomic E-state index is -0.516. The lowest BCUT2D eigenvalue weighted by Crippen LogP contribution is -2.36. The first kappa shape index (κ1) is 20.2. The van der Waals surface area contributed by atoms with Gasteiger partial charge in [-0.3, -0.25) is 9.59 Å². The third-order valence-corrected chi connectivity index (χ3v) is 7.44. The lowest BCUT2D eigenvalue weighted by Gasteiger charge is -2.27. The number of amides is 1. The van der Waals surface area contributed by atoms with Crippen LogP contribution >= 0.6 is 22.7 Å². The van der Waals surface area contributed by atoms with Crippen LogP contribution in [0, 0.1) is 0 Å². The van der Waals surface area contributed by atoms with Crippen molar-refractivity contribution >= 4 is 55.7 Å².